The van der Waals surface area contributed by atoms with Crippen LogP contribution in [0.1, 0.15) is 32.0 Å². The first-order chi connectivity index (χ1) is 21.1. The third-order valence-corrected chi connectivity index (χ3v) is 15.4. The Morgan fingerprint density at radius 3 is 1.09 bits per heavy atom. The van der Waals surface area contributed by atoms with Gasteiger partial charge in [0.25, 0.3) is 0 Å². The predicted octanol–water partition coefficient (Wildman–Crippen LogP) is 13.6. The highest BCUT2D eigenvalue weighted by Crippen LogP contribution is 2.62. The SMILES string of the molecule is Cc1ccc(-c2ccc(-c3cc4c(s3)-c3cc5c(cc3C4(F)F)-c3sc(-c4ccc(-c6ccc(C)s6)s4)cc3C5(F)F)s2)s1. The number of halogens is 4. The normalized spacial score (nSPS) is 15.4. The number of aryl methyl sites for hydroxylation is 2. The van der Waals surface area contributed by atoms with Crippen molar-refractivity contribution in [1.29, 1.82) is 0 Å². The lowest BCUT2D eigenvalue weighted by atomic mass is 9.99. The Hall–Kier alpha value is -2.86. The van der Waals surface area contributed by atoms with Gasteiger partial charge in [-0.15, -0.1) is 68.0 Å². The second kappa shape index (κ2) is 9.34. The van der Waals surface area contributed by atoms with Crippen LogP contribution in [0.4, 0.5) is 17.6 Å². The maximum absolute atomic E-state index is 16.0. The third-order valence-electron chi connectivity index (χ3n) is 8.13. The Bertz CT molecular complexity index is 2120. The Morgan fingerprint density at radius 1 is 0.386 bits per heavy atom. The van der Waals surface area contributed by atoms with E-state index in [0.717, 1.165) is 39.0 Å². The molecule has 0 aliphatic heterocycles. The standard InChI is InChI=1S/C34H18F4S6/c1-15-3-5-23(39-15)25-7-9-27(41-25)29-13-21-31(43-29)17-11-20-18(12-19(17)33(21,35)36)32-22(34(20,37)38)14-30(44-32)28-10-8-26(42-28)24-6-4-16(2)40-24/h3-14H,1-2H3. The first kappa shape index (κ1) is 27.5. The lowest BCUT2D eigenvalue weighted by Gasteiger charge is -2.16. The van der Waals surface area contributed by atoms with Gasteiger partial charge in [-0.05, 0) is 86.6 Å². The minimum Gasteiger partial charge on any atom is -0.196 e. The fourth-order valence-electron chi connectivity index (χ4n) is 6.02. The zero-order chi connectivity index (χ0) is 30.1. The molecule has 10 heteroatoms. The summed E-state index contributed by atoms with van der Waals surface area (Å²) in [5, 5.41) is 0. The molecule has 9 rings (SSSR count). The largest absolute Gasteiger partial charge is 0.300 e. The van der Waals surface area contributed by atoms with E-state index in [1.54, 1.807) is 57.5 Å². The van der Waals surface area contributed by atoms with E-state index in [2.05, 4.69) is 38.1 Å². The van der Waals surface area contributed by atoms with Crippen molar-refractivity contribution in [3.8, 4) is 59.9 Å². The number of alkyl halides is 4. The third kappa shape index (κ3) is 3.88. The molecule has 0 atom stereocenters. The summed E-state index contributed by atoms with van der Waals surface area (Å²) in [7, 11) is 0. The number of hydrogen-bond donors (Lipinski definition) is 0. The smallest absolute Gasteiger partial charge is 0.196 e. The first-order valence-corrected chi connectivity index (χ1v) is 18.6. The van der Waals surface area contributed by atoms with E-state index < -0.39 is 11.8 Å². The van der Waals surface area contributed by atoms with Crippen molar-refractivity contribution >= 4 is 68.0 Å². The molecule has 1 aromatic carbocycles. The summed E-state index contributed by atoms with van der Waals surface area (Å²) in [4.78, 5) is 10.9. The van der Waals surface area contributed by atoms with Gasteiger partial charge in [-0.2, -0.15) is 17.6 Å². The van der Waals surface area contributed by atoms with Crippen molar-refractivity contribution in [2.75, 3.05) is 0 Å². The van der Waals surface area contributed by atoms with Crippen LogP contribution < -0.4 is 0 Å². The van der Waals surface area contributed by atoms with Crippen molar-refractivity contribution in [3.05, 3.63) is 105 Å². The van der Waals surface area contributed by atoms with Crippen molar-refractivity contribution in [3.63, 3.8) is 0 Å². The summed E-state index contributed by atoms with van der Waals surface area (Å²) in [5.74, 6) is -6.53. The maximum Gasteiger partial charge on any atom is 0.300 e. The molecule has 7 aromatic rings. The molecule has 218 valence electrons. The summed E-state index contributed by atoms with van der Waals surface area (Å²) < 4.78 is 64.1. The highest BCUT2D eigenvalue weighted by molar-refractivity contribution is 7.28. The Balaban J connectivity index is 1.10. The average Bonchev–Trinajstić information content (AvgIpc) is 3.82. The first-order valence-electron chi connectivity index (χ1n) is 13.7. The van der Waals surface area contributed by atoms with E-state index in [4.69, 9.17) is 0 Å². The lowest BCUT2D eigenvalue weighted by Crippen LogP contribution is -2.13. The molecule has 0 radical (unpaired) electrons. The maximum atomic E-state index is 16.0. The second-order valence-corrected chi connectivity index (χ2v) is 17.8. The molecule has 6 aromatic heterocycles. The van der Waals surface area contributed by atoms with Crippen LogP contribution >= 0.6 is 68.0 Å². The Morgan fingerprint density at radius 2 is 0.727 bits per heavy atom. The Kier molecular flexibility index (Phi) is 5.83. The summed E-state index contributed by atoms with van der Waals surface area (Å²) in [6.45, 7) is 4.10. The van der Waals surface area contributed by atoms with Crippen LogP contribution in [0.15, 0.2) is 72.8 Å². The molecule has 0 unspecified atom stereocenters. The monoisotopic (exact) mass is 694 g/mol. The summed E-state index contributed by atoms with van der Waals surface area (Å²) in [6, 6.07) is 22.0. The number of hydrogen-bond acceptors (Lipinski definition) is 6. The van der Waals surface area contributed by atoms with E-state index in [1.165, 1.54) is 44.6 Å². The molecule has 0 nitrogen and oxygen atoms in total. The highest BCUT2D eigenvalue weighted by atomic mass is 32.1. The number of rotatable bonds is 4. The molecular weight excluding hydrogens is 677 g/mol. The van der Waals surface area contributed by atoms with Gasteiger partial charge in [-0.3, -0.25) is 0 Å². The van der Waals surface area contributed by atoms with Crippen LogP contribution in [0, 0.1) is 13.8 Å². The quantitative estimate of drug-likeness (QED) is 0.161. The molecule has 0 saturated heterocycles. The van der Waals surface area contributed by atoms with Crippen LogP contribution in [0.25, 0.3) is 59.9 Å². The summed E-state index contributed by atoms with van der Waals surface area (Å²) in [5.41, 5.74) is -0.123. The number of benzene rings is 1. The molecule has 0 bridgehead atoms. The van der Waals surface area contributed by atoms with E-state index in [0.29, 0.717) is 9.75 Å². The fraction of sp³-hybridized carbons (Fsp3) is 0.118. The Labute approximate surface area is 274 Å². The van der Waals surface area contributed by atoms with E-state index in [9.17, 15) is 0 Å². The zero-order valence-corrected chi connectivity index (χ0v) is 27.8. The van der Waals surface area contributed by atoms with Crippen LogP contribution in [0.2, 0.25) is 0 Å². The van der Waals surface area contributed by atoms with Gasteiger partial charge in [0.15, 0.2) is 0 Å². The minimum absolute atomic E-state index is 0.0940. The van der Waals surface area contributed by atoms with Crippen LogP contribution in [-0.4, -0.2) is 0 Å². The van der Waals surface area contributed by atoms with Crippen molar-refractivity contribution in [2.24, 2.45) is 0 Å². The second-order valence-electron chi connectivity index (χ2n) is 10.9. The van der Waals surface area contributed by atoms with E-state index >= 15 is 17.6 Å². The van der Waals surface area contributed by atoms with Gasteiger partial charge >= 0.3 is 11.8 Å². The molecule has 6 heterocycles. The van der Waals surface area contributed by atoms with Crippen molar-refractivity contribution in [2.45, 2.75) is 25.7 Å². The fourth-order valence-corrected chi connectivity index (χ4v) is 12.5. The van der Waals surface area contributed by atoms with Gasteiger partial charge in [-0.1, -0.05) is 0 Å². The minimum atomic E-state index is -3.26. The van der Waals surface area contributed by atoms with Gasteiger partial charge in [0.05, 0.1) is 0 Å². The predicted molar refractivity (Wildman–Crippen MR) is 182 cm³/mol. The molecule has 0 saturated carbocycles. The average molecular weight is 695 g/mol. The molecular formula is C34H18F4S6. The molecule has 0 spiro atoms. The van der Waals surface area contributed by atoms with Crippen LogP contribution in [0.5, 0.6) is 0 Å². The van der Waals surface area contributed by atoms with Crippen LogP contribution in [0.3, 0.4) is 0 Å². The van der Waals surface area contributed by atoms with E-state index in [-0.39, 0.29) is 33.4 Å². The summed E-state index contributed by atoms with van der Waals surface area (Å²) >= 11 is 9.04. The highest BCUT2D eigenvalue weighted by Gasteiger charge is 2.52. The van der Waals surface area contributed by atoms with E-state index in [1.807, 2.05) is 24.3 Å². The molecule has 0 N–H and O–H groups in total. The van der Waals surface area contributed by atoms with Gasteiger partial charge in [0.2, 0.25) is 0 Å². The molecule has 2 aliphatic carbocycles. The van der Waals surface area contributed by atoms with Crippen molar-refractivity contribution < 1.29 is 17.6 Å². The topological polar surface area (TPSA) is 0 Å². The molecule has 2 aliphatic rings. The molecule has 44 heavy (non-hydrogen) atoms. The molecule has 0 fully saturated rings. The molecule has 0 amide bonds. The van der Waals surface area contributed by atoms with Gasteiger partial charge in [0, 0.05) is 91.9 Å². The zero-order valence-electron chi connectivity index (χ0n) is 22.9. The number of thiophene rings is 6. The number of fused-ring (bicyclic) bond motifs is 6. The van der Waals surface area contributed by atoms with Gasteiger partial charge in [0.1, 0.15) is 0 Å². The lowest BCUT2D eigenvalue weighted by molar-refractivity contribution is 0.0453. The summed E-state index contributed by atoms with van der Waals surface area (Å²) in [6.07, 6.45) is 0. The van der Waals surface area contributed by atoms with Gasteiger partial charge in [-0.25, -0.2) is 0 Å². The van der Waals surface area contributed by atoms with Crippen molar-refractivity contribution in [1.82, 2.24) is 0 Å². The van der Waals surface area contributed by atoms with Gasteiger partial charge < -0.3 is 0 Å². The van der Waals surface area contributed by atoms with Crippen LogP contribution in [-0.2, 0) is 11.8 Å².